The average molecular weight is 516 g/mol. The van der Waals surface area contributed by atoms with Crippen LogP contribution in [-0.2, 0) is 19.6 Å². The highest BCUT2D eigenvalue weighted by molar-refractivity contribution is 8.26. The number of thiocarbonyl (C=S) groups is 1. The van der Waals surface area contributed by atoms with Gasteiger partial charge in [-0.3, -0.25) is 14.5 Å². The maximum absolute atomic E-state index is 12.6. The van der Waals surface area contributed by atoms with Gasteiger partial charge in [0.2, 0.25) is 15.9 Å². The van der Waals surface area contributed by atoms with Gasteiger partial charge >= 0.3 is 0 Å². The second-order valence-electron chi connectivity index (χ2n) is 7.55. The van der Waals surface area contributed by atoms with E-state index >= 15 is 0 Å². The highest BCUT2D eigenvalue weighted by Crippen LogP contribution is 2.31. The van der Waals surface area contributed by atoms with Crippen LogP contribution in [-0.4, -0.2) is 36.0 Å². The minimum atomic E-state index is -3.76. The van der Waals surface area contributed by atoms with Crippen molar-refractivity contribution in [1.82, 2.24) is 4.90 Å². The molecule has 10 heteroatoms. The molecule has 1 aliphatic heterocycles. The lowest BCUT2D eigenvalue weighted by molar-refractivity contribution is -0.122. The first-order valence-corrected chi connectivity index (χ1v) is 13.4. The van der Waals surface area contributed by atoms with Gasteiger partial charge in [-0.1, -0.05) is 72.9 Å². The molecule has 2 aromatic rings. The van der Waals surface area contributed by atoms with Gasteiger partial charge in [0.15, 0.2) is 0 Å². The van der Waals surface area contributed by atoms with Crippen LogP contribution in [0.4, 0.5) is 5.69 Å². The van der Waals surface area contributed by atoms with E-state index in [1.165, 1.54) is 36.0 Å². The van der Waals surface area contributed by atoms with Crippen LogP contribution in [0.2, 0.25) is 0 Å². The summed E-state index contributed by atoms with van der Waals surface area (Å²) in [7, 11) is -3.76. The summed E-state index contributed by atoms with van der Waals surface area (Å²) in [4.78, 5) is 26.9. The molecular formula is C24H25N3O4S3. The molecule has 0 atom stereocenters. The van der Waals surface area contributed by atoms with E-state index in [-0.39, 0.29) is 16.7 Å². The van der Waals surface area contributed by atoms with Crippen LogP contribution in [0.3, 0.4) is 0 Å². The minimum absolute atomic E-state index is 0.0109. The second-order valence-corrected chi connectivity index (χ2v) is 10.8. The highest BCUT2D eigenvalue weighted by atomic mass is 32.2. The maximum Gasteiger partial charge on any atom is 0.266 e. The van der Waals surface area contributed by atoms with Gasteiger partial charge < -0.3 is 5.32 Å². The fourth-order valence-corrected chi connectivity index (χ4v) is 4.98. The lowest BCUT2D eigenvalue weighted by Gasteiger charge is -2.14. The first kappa shape index (κ1) is 25.8. The van der Waals surface area contributed by atoms with Gasteiger partial charge in [-0.25, -0.2) is 13.6 Å². The zero-order chi connectivity index (χ0) is 24.6. The zero-order valence-corrected chi connectivity index (χ0v) is 20.8. The standard InChI is InChI=1S/C24H25N3O4S3/c25-34(30,31)20-15-13-19(14-16-20)26-22(28)12-5-2-6-17-27-23(29)21(33-24(27)32)11-7-10-18-8-3-1-4-9-18/h1,3-4,7-11,13-16H,2,5-6,12,17H2,(H,26,28)(H2,25,30,31)/b10-7+,21-11-. The van der Waals surface area contributed by atoms with Gasteiger partial charge in [0.1, 0.15) is 4.32 Å². The molecule has 34 heavy (non-hydrogen) atoms. The number of hydrogen-bond donors (Lipinski definition) is 2. The number of nitrogens with two attached hydrogens (primary N) is 1. The van der Waals surface area contributed by atoms with Crippen LogP contribution in [0.1, 0.15) is 31.2 Å². The lowest BCUT2D eigenvalue weighted by atomic mass is 10.1. The topological polar surface area (TPSA) is 110 Å². The van der Waals surface area contributed by atoms with Crippen molar-refractivity contribution in [3.63, 3.8) is 0 Å². The van der Waals surface area contributed by atoms with Gasteiger partial charge in [0.25, 0.3) is 5.91 Å². The number of sulfonamides is 1. The van der Waals surface area contributed by atoms with E-state index in [9.17, 15) is 18.0 Å². The van der Waals surface area contributed by atoms with Crippen LogP contribution >= 0.6 is 24.0 Å². The number of rotatable bonds is 10. The molecule has 3 N–H and O–H groups in total. The van der Waals surface area contributed by atoms with Crippen molar-refractivity contribution in [3.05, 3.63) is 77.2 Å². The van der Waals surface area contributed by atoms with E-state index in [0.29, 0.717) is 34.3 Å². The Kier molecular flexibility index (Phi) is 9.17. The molecule has 0 aromatic heterocycles. The minimum Gasteiger partial charge on any atom is -0.326 e. The summed E-state index contributed by atoms with van der Waals surface area (Å²) in [6.07, 6.45) is 8.05. The number of carbonyl (C=O) groups is 2. The van der Waals surface area contributed by atoms with Crippen molar-refractivity contribution in [2.24, 2.45) is 5.14 Å². The van der Waals surface area contributed by atoms with E-state index in [1.807, 2.05) is 42.5 Å². The fraction of sp³-hybridized carbons (Fsp3) is 0.208. The third-order valence-electron chi connectivity index (χ3n) is 4.96. The normalized spacial score (nSPS) is 15.4. The van der Waals surface area contributed by atoms with Gasteiger partial charge in [0.05, 0.1) is 9.80 Å². The number of nitrogens with one attached hydrogen (secondary N) is 1. The van der Waals surface area contributed by atoms with Crippen LogP contribution in [0.5, 0.6) is 0 Å². The van der Waals surface area contributed by atoms with Crippen molar-refractivity contribution in [2.45, 2.75) is 30.6 Å². The van der Waals surface area contributed by atoms with Crippen LogP contribution < -0.4 is 10.5 Å². The lowest BCUT2D eigenvalue weighted by Crippen LogP contribution is -2.29. The summed E-state index contributed by atoms with van der Waals surface area (Å²) in [5.41, 5.74) is 1.56. The van der Waals surface area contributed by atoms with Gasteiger partial charge in [-0.2, -0.15) is 0 Å². The number of nitrogens with zero attached hydrogens (tertiary/aromatic N) is 1. The zero-order valence-electron chi connectivity index (χ0n) is 18.3. The van der Waals surface area contributed by atoms with E-state index in [4.69, 9.17) is 17.4 Å². The van der Waals surface area contributed by atoms with Gasteiger partial charge in [-0.15, -0.1) is 0 Å². The summed E-state index contributed by atoms with van der Waals surface area (Å²) in [5, 5.41) is 7.79. The number of amides is 2. The van der Waals surface area contributed by atoms with Crippen LogP contribution in [0, 0.1) is 0 Å². The van der Waals surface area contributed by atoms with Gasteiger partial charge in [-0.05, 0) is 48.7 Å². The Labute approximate surface area is 209 Å². The molecule has 2 aromatic carbocycles. The molecule has 0 radical (unpaired) electrons. The second kappa shape index (κ2) is 12.1. The number of thioether (sulfide) groups is 1. The van der Waals surface area contributed by atoms with Crippen molar-refractivity contribution >= 4 is 61.9 Å². The number of anilines is 1. The summed E-state index contributed by atoms with van der Waals surface area (Å²) in [6, 6.07) is 15.5. The third-order valence-corrected chi connectivity index (χ3v) is 7.29. The number of carbonyl (C=O) groups excluding carboxylic acids is 2. The summed E-state index contributed by atoms with van der Waals surface area (Å²) >= 11 is 6.65. The van der Waals surface area contributed by atoms with E-state index in [1.54, 1.807) is 11.0 Å². The van der Waals surface area contributed by atoms with Crippen molar-refractivity contribution < 1.29 is 18.0 Å². The monoisotopic (exact) mass is 515 g/mol. The smallest absolute Gasteiger partial charge is 0.266 e. The van der Waals surface area contributed by atoms with Crippen molar-refractivity contribution in [2.75, 3.05) is 11.9 Å². The maximum atomic E-state index is 12.6. The summed E-state index contributed by atoms with van der Waals surface area (Å²) < 4.78 is 23.1. The van der Waals surface area contributed by atoms with E-state index in [2.05, 4.69) is 5.32 Å². The molecule has 0 bridgehead atoms. The number of unbranched alkanes of at least 4 members (excludes halogenated alkanes) is 2. The number of hydrogen-bond acceptors (Lipinski definition) is 6. The Morgan fingerprint density at radius 1 is 1.06 bits per heavy atom. The number of allylic oxidation sites excluding steroid dienone is 2. The van der Waals surface area contributed by atoms with Gasteiger partial charge in [0, 0.05) is 18.7 Å². The average Bonchev–Trinajstić information content (AvgIpc) is 3.07. The van der Waals surface area contributed by atoms with Crippen LogP contribution in [0.25, 0.3) is 6.08 Å². The molecule has 3 rings (SSSR count). The molecule has 2 amide bonds. The Balaban J connectivity index is 1.38. The van der Waals surface area contributed by atoms with Crippen LogP contribution in [0.15, 0.2) is 76.5 Å². The molecule has 0 unspecified atom stereocenters. The molecule has 0 aliphatic carbocycles. The molecule has 1 heterocycles. The molecule has 1 saturated heterocycles. The van der Waals surface area contributed by atoms with Crippen molar-refractivity contribution in [3.8, 4) is 0 Å². The Bertz CT molecular complexity index is 1210. The molecule has 0 spiro atoms. The highest BCUT2D eigenvalue weighted by Gasteiger charge is 2.30. The summed E-state index contributed by atoms with van der Waals surface area (Å²) in [5.74, 6) is -0.254. The Morgan fingerprint density at radius 2 is 1.76 bits per heavy atom. The Morgan fingerprint density at radius 3 is 2.44 bits per heavy atom. The predicted molar refractivity (Wildman–Crippen MR) is 140 cm³/mol. The third kappa shape index (κ3) is 7.63. The van der Waals surface area contributed by atoms with E-state index < -0.39 is 10.0 Å². The predicted octanol–water partition coefficient (Wildman–Crippen LogP) is 4.29. The molecule has 1 fully saturated rings. The van der Waals surface area contributed by atoms with E-state index in [0.717, 1.165) is 18.4 Å². The molecule has 178 valence electrons. The number of primary sulfonamides is 1. The van der Waals surface area contributed by atoms with Crippen molar-refractivity contribution in [1.29, 1.82) is 0 Å². The largest absolute Gasteiger partial charge is 0.326 e. The summed E-state index contributed by atoms with van der Waals surface area (Å²) in [6.45, 7) is 0.515. The number of benzene rings is 2. The molecule has 7 nitrogen and oxygen atoms in total. The first-order valence-electron chi connectivity index (χ1n) is 10.6. The molecular weight excluding hydrogens is 490 g/mol. The quantitative estimate of drug-likeness (QED) is 0.278. The SMILES string of the molecule is NS(=O)(=O)c1ccc(NC(=O)CCCCCN2C(=O)/C(=C/C=C/c3ccccc3)SC2=S)cc1. The Hall–Kier alpha value is -2.79. The molecule has 1 aliphatic rings. The fourth-order valence-electron chi connectivity index (χ4n) is 3.20. The molecule has 0 saturated carbocycles. The first-order chi connectivity index (χ1) is 16.2.